The van der Waals surface area contributed by atoms with Crippen molar-refractivity contribution in [1.29, 1.82) is 0 Å². The second kappa shape index (κ2) is 9.97. The Morgan fingerprint density at radius 3 is 2.65 bits per heavy atom. The third-order valence-corrected chi connectivity index (χ3v) is 4.25. The number of anilines is 1. The minimum absolute atomic E-state index is 0.131. The SMILES string of the molecule is CCCCNC(=O)c1ccccc1NC(=O)COc1ccc(Br)cc1C. The van der Waals surface area contributed by atoms with Crippen LogP contribution in [0.3, 0.4) is 0 Å². The third-order valence-electron chi connectivity index (χ3n) is 3.76. The van der Waals surface area contributed by atoms with E-state index in [2.05, 4.69) is 33.5 Å². The first-order chi connectivity index (χ1) is 12.5. The molecule has 2 aromatic carbocycles. The van der Waals surface area contributed by atoms with E-state index < -0.39 is 0 Å². The molecular weight excluding hydrogens is 396 g/mol. The maximum atomic E-state index is 12.3. The average molecular weight is 419 g/mol. The first kappa shape index (κ1) is 20.0. The van der Waals surface area contributed by atoms with Crippen LogP contribution in [0.5, 0.6) is 5.75 Å². The van der Waals surface area contributed by atoms with Gasteiger partial charge < -0.3 is 15.4 Å². The van der Waals surface area contributed by atoms with E-state index in [1.54, 1.807) is 24.3 Å². The van der Waals surface area contributed by atoms with Gasteiger partial charge in [-0.1, -0.05) is 41.4 Å². The lowest BCUT2D eigenvalue weighted by atomic mass is 10.1. The number of amides is 2. The highest BCUT2D eigenvalue weighted by molar-refractivity contribution is 9.10. The van der Waals surface area contributed by atoms with E-state index in [1.165, 1.54) is 0 Å². The molecule has 0 unspecified atom stereocenters. The van der Waals surface area contributed by atoms with Gasteiger partial charge in [0.05, 0.1) is 11.3 Å². The summed E-state index contributed by atoms with van der Waals surface area (Å²) in [7, 11) is 0. The topological polar surface area (TPSA) is 67.4 Å². The maximum Gasteiger partial charge on any atom is 0.262 e. The molecular formula is C20H23BrN2O3. The van der Waals surface area contributed by atoms with Crippen molar-refractivity contribution in [3.63, 3.8) is 0 Å². The van der Waals surface area contributed by atoms with Gasteiger partial charge in [0.1, 0.15) is 5.75 Å². The Balaban J connectivity index is 1.97. The normalized spacial score (nSPS) is 10.3. The highest BCUT2D eigenvalue weighted by atomic mass is 79.9. The summed E-state index contributed by atoms with van der Waals surface area (Å²) < 4.78 is 6.53. The molecule has 6 heteroatoms. The van der Waals surface area contributed by atoms with Gasteiger partial charge in [-0.25, -0.2) is 0 Å². The summed E-state index contributed by atoms with van der Waals surface area (Å²) >= 11 is 3.39. The van der Waals surface area contributed by atoms with Crippen LogP contribution >= 0.6 is 15.9 Å². The number of nitrogens with one attached hydrogen (secondary N) is 2. The zero-order valence-electron chi connectivity index (χ0n) is 15.0. The highest BCUT2D eigenvalue weighted by Gasteiger charge is 2.13. The standard InChI is InChI=1S/C20H23BrN2O3/c1-3-4-11-22-20(25)16-7-5-6-8-17(16)23-19(24)13-26-18-10-9-15(21)12-14(18)2/h5-10,12H,3-4,11,13H2,1-2H3,(H,22,25)(H,23,24). The van der Waals surface area contributed by atoms with E-state index in [0.717, 1.165) is 22.9 Å². The summed E-state index contributed by atoms with van der Waals surface area (Å²) in [4.78, 5) is 24.5. The second-order valence-electron chi connectivity index (χ2n) is 5.90. The van der Waals surface area contributed by atoms with Crippen LogP contribution < -0.4 is 15.4 Å². The molecule has 0 spiro atoms. The monoisotopic (exact) mass is 418 g/mol. The Labute approximate surface area is 162 Å². The fourth-order valence-corrected chi connectivity index (χ4v) is 2.84. The van der Waals surface area contributed by atoms with E-state index in [0.29, 0.717) is 23.5 Å². The number of aryl methyl sites for hydroxylation is 1. The van der Waals surface area contributed by atoms with Crippen molar-refractivity contribution >= 4 is 33.4 Å². The zero-order chi connectivity index (χ0) is 18.9. The maximum absolute atomic E-state index is 12.3. The molecule has 0 aliphatic heterocycles. The molecule has 2 rings (SSSR count). The Morgan fingerprint density at radius 2 is 1.92 bits per heavy atom. The number of hydrogen-bond donors (Lipinski definition) is 2. The van der Waals surface area contributed by atoms with E-state index in [9.17, 15) is 9.59 Å². The summed E-state index contributed by atoms with van der Waals surface area (Å²) in [6.07, 6.45) is 1.92. The minimum atomic E-state index is -0.318. The van der Waals surface area contributed by atoms with E-state index >= 15 is 0 Å². The van der Waals surface area contributed by atoms with Crippen LogP contribution in [0.4, 0.5) is 5.69 Å². The molecule has 0 heterocycles. The number of para-hydroxylation sites is 1. The van der Waals surface area contributed by atoms with Crippen molar-refractivity contribution in [2.24, 2.45) is 0 Å². The first-order valence-corrected chi connectivity index (χ1v) is 9.36. The van der Waals surface area contributed by atoms with Gasteiger partial charge in [-0.05, 0) is 49.2 Å². The summed E-state index contributed by atoms with van der Waals surface area (Å²) in [5, 5.41) is 5.61. The molecule has 2 aromatic rings. The van der Waals surface area contributed by atoms with Gasteiger partial charge in [-0.3, -0.25) is 9.59 Å². The molecule has 26 heavy (non-hydrogen) atoms. The highest BCUT2D eigenvalue weighted by Crippen LogP contribution is 2.22. The molecule has 0 fully saturated rings. The smallest absolute Gasteiger partial charge is 0.262 e. The van der Waals surface area contributed by atoms with E-state index in [1.807, 2.05) is 25.1 Å². The Morgan fingerprint density at radius 1 is 1.15 bits per heavy atom. The lowest BCUT2D eigenvalue weighted by molar-refractivity contribution is -0.118. The van der Waals surface area contributed by atoms with Gasteiger partial charge in [0.2, 0.25) is 0 Å². The van der Waals surface area contributed by atoms with Gasteiger partial charge in [0, 0.05) is 11.0 Å². The average Bonchev–Trinajstić information content (AvgIpc) is 2.61. The quantitative estimate of drug-likeness (QED) is 0.627. The van der Waals surface area contributed by atoms with Crippen LogP contribution in [0, 0.1) is 6.92 Å². The van der Waals surface area contributed by atoms with Gasteiger partial charge in [0.15, 0.2) is 6.61 Å². The van der Waals surface area contributed by atoms with E-state index in [-0.39, 0.29) is 18.4 Å². The van der Waals surface area contributed by atoms with Gasteiger partial charge in [-0.2, -0.15) is 0 Å². The Bertz CT molecular complexity index is 777. The van der Waals surface area contributed by atoms with Crippen LogP contribution in [-0.2, 0) is 4.79 Å². The largest absolute Gasteiger partial charge is 0.483 e. The fraction of sp³-hybridized carbons (Fsp3) is 0.300. The van der Waals surface area contributed by atoms with Crippen LogP contribution in [0.25, 0.3) is 0 Å². The molecule has 5 nitrogen and oxygen atoms in total. The van der Waals surface area contributed by atoms with Crippen molar-refractivity contribution in [1.82, 2.24) is 5.32 Å². The van der Waals surface area contributed by atoms with Gasteiger partial charge >= 0.3 is 0 Å². The number of rotatable bonds is 8. The molecule has 0 aliphatic rings. The molecule has 0 aliphatic carbocycles. The molecule has 0 saturated carbocycles. The molecule has 138 valence electrons. The molecule has 0 bridgehead atoms. The first-order valence-electron chi connectivity index (χ1n) is 8.57. The molecule has 2 N–H and O–H groups in total. The molecule has 0 atom stereocenters. The van der Waals surface area contributed by atoms with Crippen molar-refractivity contribution < 1.29 is 14.3 Å². The van der Waals surface area contributed by atoms with Crippen LogP contribution in [-0.4, -0.2) is 25.0 Å². The summed E-state index contributed by atoms with van der Waals surface area (Å²) in [6, 6.07) is 12.5. The summed E-state index contributed by atoms with van der Waals surface area (Å²) in [5.41, 5.74) is 1.85. The van der Waals surface area contributed by atoms with E-state index in [4.69, 9.17) is 4.74 Å². The van der Waals surface area contributed by atoms with Crippen LogP contribution in [0.1, 0.15) is 35.7 Å². The second-order valence-corrected chi connectivity index (χ2v) is 6.82. The molecule has 0 aromatic heterocycles. The molecule has 0 saturated heterocycles. The predicted octanol–water partition coefficient (Wildman–Crippen LogP) is 4.30. The Hall–Kier alpha value is -2.34. The molecule has 2 amide bonds. The van der Waals surface area contributed by atoms with Crippen molar-refractivity contribution in [3.05, 3.63) is 58.1 Å². The number of ether oxygens (including phenoxy) is 1. The number of benzene rings is 2. The summed E-state index contributed by atoms with van der Waals surface area (Å²) in [6.45, 7) is 4.46. The fourth-order valence-electron chi connectivity index (χ4n) is 2.37. The Kier molecular flexibility index (Phi) is 7.66. The number of carbonyl (C=O) groups excluding carboxylic acids is 2. The zero-order valence-corrected chi connectivity index (χ0v) is 16.6. The number of halogens is 1. The van der Waals surface area contributed by atoms with Crippen molar-refractivity contribution in [3.8, 4) is 5.75 Å². The number of hydrogen-bond acceptors (Lipinski definition) is 3. The van der Waals surface area contributed by atoms with Crippen LogP contribution in [0.15, 0.2) is 46.9 Å². The summed E-state index contributed by atoms with van der Waals surface area (Å²) in [5.74, 6) is 0.133. The molecule has 0 radical (unpaired) electrons. The number of carbonyl (C=O) groups is 2. The van der Waals surface area contributed by atoms with Gasteiger partial charge in [0.25, 0.3) is 11.8 Å². The number of unbranched alkanes of at least 4 members (excludes halogenated alkanes) is 1. The van der Waals surface area contributed by atoms with Gasteiger partial charge in [-0.15, -0.1) is 0 Å². The van der Waals surface area contributed by atoms with Crippen molar-refractivity contribution in [2.75, 3.05) is 18.5 Å². The lowest BCUT2D eigenvalue weighted by Gasteiger charge is -2.13. The lowest BCUT2D eigenvalue weighted by Crippen LogP contribution is -2.27. The third kappa shape index (κ3) is 5.88. The predicted molar refractivity (Wildman–Crippen MR) is 107 cm³/mol. The minimum Gasteiger partial charge on any atom is -0.483 e. The van der Waals surface area contributed by atoms with Crippen LogP contribution in [0.2, 0.25) is 0 Å². The van der Waals surface area contributed by atoms with Crippen molar-refractivity contribution in [2.45, 2.75) is 26.7 Å².